The Hall–Kier alpha value is -1.26. The van der Waals surface area contributed by atoms with E-state index in [1.54, 1.807) is 6.92 Å². The Balaban J connectivity index is 3.65. The van der Waals surface area contributed by atoms with Crippen molar-refractivity contribution in [1.82, 2.24) is 0 Å². The van der Waals surface area contributed by atoms with Crippen molar-refractivity contribution < 1.29 is 10.2 Å². The van der Waals surface area contributed by atoms with Crippen LogP contribution in [0.15, 0.2) is 0 Å². The van der Waals surface area contributed by atoms with Crippen molar-refractivity contribution in [3.8, 4) is 0 Å². The summed E-state index contributed by atoms with van der Waals surface area (Å²) >= 11 is 0. The predicted octanol–water partition coefficient (Wildman–Crippen LogP) is 0.976. The highest BCUT2D eigenvalue weighted by atomic mass is 16.3. The van der Waals surface area contributed by atoms with Crippen LogP contribution in [-0.2, 0) is 5.60 Å². The third kappa shape index (κ3) is 1.74. The lowest BCUT2D eigenvalue weighted by molar-refractivity contribution is -0.00317. The molecule has 0 aromatic heterocycles. The van der Waals surface area contributed by atoms with Gasteiger partial charge in [0.25, 0.3) is 0 Å². The summed E-state index contributed by atoms with van der Waals surface area (Å²) in [5.74, 6) is 0. The first-order valence-corrected chi connectivity index (χ1v) is 5.22. The molecule has 0 fully saturated rings. The molecule has 4 heteroatoms. The van der Waals surface area contributed by atoms with E-state index in [4.69, 9.17) is 11.5 Å². The minimum Gasteiger partial charge on any atom is -0.398 e. The molecule has 1 aromatic carbocycles. The third-order valence-corrected chi connectivity index (χ3v) is 3.21. The van der Waals surface area contributed by atoms with Crippen LogP contribution in [-0.4, -0.2) is 16.8 Å². The summed E-state index contributed by atoms with van der Waals surface area (Å²) in [6.07, 6.45) is 0. The van der Waals surface area contributed by atoms with E-state index in [0.717, 1.165) is 16.7 Å². The van der Waals surface area contributed by atoms with E-state index in [1.807, 2.05) is 20.8 Å². The number of rotatable bonds is 2. The normalized spacial score (nSPS) is 14.9. The van der Waals surface area contributed by atoms with Crippen LogP contribution in [0.25, 0.3) is 0 Å². The fourth-order valence-electron chi connectivity index (χ4n) is 2.15. The first kappa shape index (κ1) is 12.8. The zero-order valence-corrected chi connectivity index (χ0v) is 10.3. The van der Waals surface area contributed by atoms with Crippen molar-refractivity contribution >= 4 is 11.4 Å². The summed E-state index contributed by atoms with van der Waals surface area (Å²) in [4.78, 5) is 0. The Kier molecular flexibility index (Phi) is 3.17. The molecule has 90 valence electrons. The third-order valence-electron chi connectivity index (χ3n) is 3.21. The van der Waals surface area contributed by atoms with Crippen LogP contribution < -0.4 is 11.5 Å². The lowest BCUT2D eigenvalue weighted by Crippen LogP contribution is -2.29. The maximum absolute atomic E-state index is 10.1. The second-order valence-corrected chi connectivity index (χ2v) is 4.51. The van der Waals surface area contributed by atoms with E-state index in [1.165, 1.54) is 0 Å². The van der Waals surface area contributed by atoms with Crippen LogP contribution in [0.5, 0.6) is 0 Å². The van der Waals surface area contributed by atoms with Gasteiger partial charge in [-0.25, -0.2) is 0 Å². The van der Waals surface area contributed by atoms with Crippen LogP contribution >= 0.6 is 0 Å². The number of anilines is 2. The zero-order chi connectivity index (χ0) is 12.7. The molecule has 1 unspecified atom stereocenters. The lowest BCUT2D eigenvalue weighted by atomic mass is 9.85. The molecule has 0 aliphatic heterocycles. The van der Waals surface area contributed by atoms with E-state index < -0.39 is 5.60 Å². The quantitative estimate of drug-likeness (QED) is 0.563. The highest BCUT2D eigenvalue weighted by Crippen LogP contribution is 2.36. The molecule has 1 rings (SSSR count). The van der Waals surface area contributed by atoms with Crippen molar-refractivity contribution in [2.24, 2.45) is 0 Å². The number of hydrogen-bond donors (Lipinski definition) is 4. The van der Waals surface area contributed by atoms with Crippen LogP contribution in [0.4, 0.5) is 11.4 Å². The van der Waals surface area contributed by atoms with Gasteiger partial charge in [-0.15, -0.1) is 0 Å². The van der Waals surface area contributed by atoms with Crippen LogP contribution in [0.1, 0.15) is 29.2 Å². The summed E-state index contributed by atoms with van der Waals surface area (Å²) < 4.78 is 0. The van der Waals surface area contributed by atoms with Gasteiger partial charge in [0.2, 0.25) is 0 Å². The fraction of sp³-hybridized carbons (Fsp3) is 0.500. The summed E-state index contributed by atoms with van der Waals surface area (Å²) in [5, 5.41) is 19.4. The van der Waals surface area contributed by atoms with Gasteiger partial charge >= 0.3 is 0 Å². The van der Waals surface area contributed by atoms with Gasteiger partial charge in [-0.3, -0.25) is 0 Å². The molecule has 0 aliphatic carbocycles. The SMILES string of the molecule is Cc1c(N)c(C)c(C(C)(O)CO)c(C)c1N. The van der Waals surface area contributed by atoms with Crippen LogP contribution in [0, 0.1) is 20.8 Å². The standard InChI is InChI=1S/C12H20N2O2/c1-6-9(12(4,16)5-15)7(2)11(14)8(3)10(6)13/h15-16H,5,13-14H2,1-4H3. The second kappa shape index (κ2) is 3.96. The summed E-state index contributed by atoms with van der Waals surface area (Å²) in [6.45, 7) is 6.69. The van der Waals surface area contributed by atoms with Crippen molar-refractivity contribution in [3.63, 3.8) is 0 Å². The molecule has 1 atom stereocenters. The molecular formula is C12H20N2O2. The minimum absolute atomic E-state index is 0.364. The minimum atomic E-state index is -1.32. The number of nitrogen functional groups attached to an aromatic ring is 2. The smallest absolute Gasteiger partial charge is 0.110 e. The molecule has 16 heavy (non-hydrogen) atoms. The van der Waals surface area contributed by atoms with Crippen molar-refractivity contribution in [2.45, 2.75) is 33.3 Å². The Morgan fingerprint density at radius 2 is 1.38 bits per heavy atom. The van der Waals surface area contributed by atoms with Gasteiger partial charge in [0.1, 0.15) is 5.60 Å². The fourth-order valence-corrected chi connectivity index (χ4v) is 2.15. The molecule has 6 N–H and O–H groups in total. The molecule has 0 saturated carbocycles. The Morgan fingerprint density at radius 1 is 1.00 bits per heavy atom. The summed E-state index contributed by atoms with van der Waals surface area (Å²) in [7, 11) is 0. The van der Waals surface area contributed by atoms with Gasteiger partial charge in [-0.05, 0) is 49.9 Å². The highest BCUT2D eigenvalue weighted by Gasteiger charge is 2.28. The first-order chi connectivity index (χ1) is 7.24. The van der Waals surface area contributed by atoms with Crippen molar-refractivity contribution in [3.05, 3.63) is 22.3 Å². The molecule has 0 bridgehead atoms. The lowest BCUT2D eigenvalue weighted by Gasteiger charge is -2.28. The maximum atomic E-state index is 10.1. The molecule has 0 heterocycles. The molecule has 0 spiro atoms. The molecule has 0 aliphatic rings. The van der Waals surface area contributed by atoms with Crippen LogP contribution in [0.3, 0.4) is 0 Å². The van der Waals surface area contributed by atoms with Gasteiger partial charge in [-0.2, -0.15) is 0 Å². The summed E-state index contributed by atoms with van der Waals surface area (Å²) in [6, 6.07) is 0. The maximum Gasteiger partial charge on any atom is 0.110 e. The zero-order valence-electron chi connectivity index (χ0n) is 10.3. The topological polar surface area (TPSA) is 92.5 Å². The molecule has 4 nitrogen and oxygen atoms in total. The van der Waals surface area contributed by atoms with Gasteiger partial charge < -0.3 is 21.7 Å². The van der Waals surface area contributed by atoms with E-state index in [2.05, 4.69) is 0 Å². The Labute approximate surface area is 95.9 Å². The average molecular weight is 224 g/mol. The monoisotopic (exact) mass is 224 g/mol. The number of aliphatic hydroxyl groups excluding tert-OH is 1. The molecule has 0 saturated heterocycles. The average Bonchev–Trinajstić information content (AvgIpc) is 2.23. The van der Waals surface area contributed by atoms with Gasteiger partial charge in [0, 0.05) is 11.4 Å². The number of hydrogen-bond acceptors (Lipinski definition) is 4. The number of nitrogens with two attached hydrogens (primary N) is 2. The highest BCUT2D eigenvalue weighted by molar-refractivity contribution is 5.72. The van der Waals surface area contributed by atoms with Crippen LogP contribution in [0.2, 0.25) is 0 Å². The molecule has 1 aromatic rings. The van der Waals surface area contributed by atoms with Crippen molar-refractivity contribution in [1.29, 1.82) is 0 Å². The van der Waals surface area contributed by atoms with E-state index >= 15 is 0 Å². The predicted molar refractivity (Wildman–Crippen MR) is 66.1 cm³/mol. The summed E-state index contributed by atoms with van der Waals surface area (Å²) in [5.41, 5.74) is 14.7. The van der Waals surface area contributed by atoms with E-state index in [0.29, 0.717) is 16.9 Å². The first-order valence-electron chi connectivity index (χ1n) is 5.22. The number of aliphatic hydroxyl groups is 2. The molecular weight excluding hydrogens is 204 g/mol. The Bertz CT molecular complexity index is 397. The largest absolute Gasteiger partial charge is 0.398 e. The second-order valence-electron chi connectivity index (χ2n) is 4.51. The number of benzene rings is 1. The molecule has 0 radical (unpaired) electrons. The van der Waals surface area contributed by atoms with Gasteiger partial charge in [0.05, 0.1) is 6.61 Å². The van der Waals surface area contributed by atoms with E-state index in [-0.39, 0.29) is 6.61 Å². The van der Waals surface area contributed by atoms with Crippen molar-refractivity contribution in [2.75, 3.05) is 18.1 Å². The van der Waals surface area contributed by atoms with Gasteiger partial charge in [-0.1, -0.05) is 0 Å². The van der Waals surface area contributed by atoms with E-state index in [9.17, 15) is 10.2 Å². The Morgan fingerprint density at radius 3 is 1.69 bits per heavy atom. The van der Waals surface area contributed by atoms with Gasteiger partial charge in [0.15, 0.2) is 0 Å². The molecule has 0 amide bonds.